The maximum Gasteiger partial charge on any atom is 0.228 e. The highest BCUT2D eigenvalue weighted by molar-refractivity contribution is 6.00. The lowest BCUT2D eigenvalue weighted by Gasteiger charge is -2.08. The Hall–Kier alpha value is -1.31. The lowest BCUT2D eigenvalue weighted by atomic mass is 10.00. The van der Waals surface area contributed by atoms with Gasteiger partial charge in [-0.15, -0.1) is 0 Å². The molecule has 1 heterocycles. The van der Waals surface area contributed by atoms with E-state index in [0.717, 1.165) is 18.5 Å². The molecule has 0 saturated carbocycles. The minimum atomic E-state index is 0.128. The molecule has 0 aliphatic carbocycles. The van der Waals surface area contributed by atoms with Crippen LogP contribution in [0.4, 0.5) is 5.69 Å². The summed E-state index contributed by atoms with van der Waals surface area (Å²) in [6.45, 7) is 4.27. The number of amides is 1. The van der Waals surface area contributed by atoms with Crippen molar-refractivity contribution in [2.45, 2.75) is 33.1 Å². The van der Waals surface area contributed by atoms with Crippen LogP contribution in [0, 0.1) is 0 Å². The molecule has 0 aromatic heterocycles. The van der Waals surface area contributed by atoms with Crippen LogP contribution in [0.2, 0.25) is 0 Å². The Balaban J connectivity index is 2.51. The topological polar surface area (TPSA) is 29.1 Å². The van der Waals surface area contributed by atoms with E-state index >= 15 is 0 Å². The highest BCUT2D eigenvalue weighted by Gasteiger charge is 2.20. The van der Waals surface area contributed by atoms with Crippen LogP contribution in [-0.2, 0) is 24.1 Å². The number of carbonyl (C=O) groups is 1. The summed E-state index contributed by atoms with van der Waals surface area (Å²) in [6, 6.07) is 4.34. The summed E-state index contributed by atoms with van der Waals surface area (Å²) in [4.78, 5) is 11.3. The predicted molar refractivity (Wildman–Crippen MR) is 57.5 cm³/mol. The van der Waals surface area contributed by atoms with Gasteiger partial charge in [0.2, 0.25) is 5.91 Å². The quantitative estimate of drug-likeness (QED) is 0.760. The number of benzene rings is 1. The van der Waals surface area contributed by atoms with Crippen molar-refractivity contribution in [3.8, 4) is 0 Å². The van der Waals surface area contributed by atoms with Gasteiger partial charge in [-0.1, -0.05) is 26.0 Å². The average Bonchev–Trinajstić information content (AvgIpc) is 2.56. The van der Waals surface area contributed by atoms with E-state index in [4.69, 9.17) is 0 Å². The van der Waals surface area contributed by atoms with Gasteiger partial charge < -0.3 is 5.32 Å². The van der Waals surface area contributed by atoms with E-state index in [-0.39, 0.29) is 5.91 Å². The molecule has 1 aliphatic heterocycles. The molecule has 1 N–H and O–H groups in total. The van der Waals surface area contributed by atoms with E-state index in [1.807, 2.05) is 0 Å². The van der Waals surface area contributed by atoms with Crippen LogP contribution in [0.3, 0.4) is 0 Å². The van der Waals surface area contributed by atoms with Crippen LogP contribution in [-0.4, -0.2) is 5.91 Å². The zero-order valence-electron chi connectivity index (χ0n) is 8.68. The van der Waals surface area contributed by atoms with E-state index in [1.165, 1.54) is 16.7 Å². The van der Waals surface area contributed by atoms with Crippen LogP contribution in [0.25, 0.3) is 0 Å². The monoisotopic (exact) mass is 189 g/mol. The molecule has 2 rings (SSSR count). The highest BCUT2D eigenvalue weighted by Crippen LogP contribution is 2.29. The lowest BCUT2D eigenvalue weighted by Crippen LogP contribution is -2.04. The first kappa shape index (κ1) is 9.25. The number of fused-ring (bicyclic) bond motifs is 1. The van der Waals surface area contributed by atoms with Gasteiger partial charge in [0.05, 0.1) is 6.42 Å². The Labute approximate surface area is 84.3 Å². The van der Waals surface area contributed by atoms with Gasteiger partial charge in [-0.2, -0.15) is 0 Å². The van der Waals surface area contributed by atoms with Gasteiger partial charge in [-0.3, -0.25) is 4.79 Å². The van der Waals surface area contributed by atoms with Crippen LogP contribution >= 0.6 is 0 Å². The Kier molecular flexibility index (Phi) is 2.28. The van der Waals surface area contributed by atoms with Gasteiger partial charge in [0.1, 0.15) is 0 Å². The summed E-state index contributed by atoms with van der Waals surface area (Å²) in [7, 11) is 0. The number of aryl methyl sites for hydroxylation is 2. The number of hydrogen-bond acceptors (Lipinski definition) is 1. The van der Waals surface area contributed by atoms with Gasteiger partial charge in [0.25, 0.3) is 0 Å². The first-order chi connectivity index (χ1) is 6.74. The predicted octanol–water partition coefficient (Wildman–Crippen LogP) is 2.31. The van der Waals surface area contributed by atoms with Crippen molar-refractivity contribution in [1.82, 2.24) is 0 Å². The van der Waals surface area contributed by atoms with E-state index in [9.17, 15) is 4.79 Å². The van der Waals surface area contributed by atoms with Crippen molar-refractivity contribution < 1.29 is 4.79 Å². The van der Waals surface area contributed by atoms with Gasteiger partial charge >= 0.3 is 0 Å². The second-order valence-electron chi connectivity index (χ2n) is 3.72. The average molecular weight is 189 g/mol. The number of nitrogens with one attached hydrogen (secondary N) is 1. The molecule has 1 aromatic rings. The molecule has 0 bridgehead atoms. The second kappa shape index (κ2) is 3.45. The van der Waals surface area contributed by atoms with Crippen LogP contribution in [0.5, 0.6) is 0 Å². The van der Waals surface area contributed by atoms with Crippen molar-refractivity contribution in [3.63, 3.8) is 0 Å². The normalized spacial score (nSPS) is 14.0. The molecule has 14 heavy (non-hydrogen) atoms. The summed E-state index contributed by atoms with van der Waals surface area (Å²) in [6.07, 6.45) is 2.57. The third-order valence-corrected chi connectivity index (χ3v) is 2.77. The molecule has 0 atom stereocenters. The number of carbonyl (C=O) groups excluding carboxylic acids is 1. The largest absolute Gasteiger partial charge is 0.325 e. The second-order valence-corrected chi connectivity index (χ2v) is 3.72. The summed E-state index contributed by atoms with van der Waals surface area (Å²) in [5.41, 5.74) is 4.84. The molecule has 2 nitrogen and oxygen atoms in total. The van der Waals surface area contributed by atoms with Crippen LogP contribution in [0.15, 0.2) is 12.1 Å². The van der Waals surface area contributed by atoms with E-state index in [2.05, 4.69) is 31.3 Å². The summed E-state index contributed by atoms with van der Waals surface area (Å²) in [5, 5.41) is 2.93. The molecule has 0 radical (unpaired) electrons. The molecule has 2 heteroatoms. The van der Waals surface area contributed by atoms with Crippen molar-refractivity contribution in [3.05, 3.63) is 28.8 Å². The molecule has 1 amide bonds. The Morgan fingerprint density at radius 3 is 2.71 bits per heavy atom. The zero-order valence-corrected chi connectivity index (χ0v) is 8.68. The summed E-state index contributed by atoms with van der Waals surface area (Å²) in [5.74, 6) is 0.128. The number of rotatable bonds is 2. The van der Waals surface area contributed by atoms with Gasteiger partial charge in [0, 0.05) is 5.69 Å². The maximum absolute atomic E-state index is 11.3. The van der Waals surface area contributed by atoms with Gasteiger partial charge in [-0.25, -0.2) is 0 Å². The standard InChI is InChI=1S/C12H15NO/c1-3-8-5-9(4-2)12-10(6-8)7-11(14)13-12/h5-6H,3-4,7H2,1-2H3,(H,13,14). The fourth-order valence-corrected chi connectivity index (χ4v) is 1.98. The fraction of sp³-hybridized carbons (Fsp3) is 0.417. The van der Waals surface area contributed by atoms with Crippen molar-refractivity contribution >= 4 is 11.6 Å². The number of anilines is 1. The van der Waals surface area contributed by atoms with E-state index < -0.39 is 0 Å². The minimum absolute atomic E-state index is 0.128. The first-order valence-electron chi connectivity index (χ1n) is 5.19. The smallest absolute Gasteiger partial charge is 0.228 e. The maximum atomic E-state index is 11.3. The molecule has 0 fully saturated rings. The lowest BCUT2D eigenvalue weighted by molar-refractivity contribution is -0.115. The van der Waals surface area contributed by atoms with E-state index in [0.29, 0.717) is 6.42 Å². The zero-order chi connectivity index (χ0) is 10.1. The fourth-order valence-electron chi connectivity index (χ4n) is 1.98. The summed E-state index contributed by atoms with van der Waals surface area (Å²) < 4.78 is 0. The molecule has 1 aliphatic rings. The molecular weight excluding hydrogens is 174 g/mol. The van der Waals surface area contributed by atoms with Crippen molar-refractivity contribution in [1.29, 1.82) is 0 Å². The van der Waals surface area contributed by atoms with Crippen molar-refractivity contribution in [2.75, 3.05) is 5.32 Å². The molecule has 0 saturated heterocycles. The number of hydrogen-bond donors (Lipinski definition) is 1. The van der Waals surface area contributed by atoms with E-state index in [1.54, 1.807) is 0 Å². The Bertz CT molecular complexity index is 382. The Morgan fingerprint density at radius 2 is 2.07 bits per heavy atom. The molecule has 74 valence electrons. The third kappa shape index (κ3) is 1.41. The molecule has 1 aromatic carbocycles. The SMILES string of the molecule is CCc1cc(CC)c2c(c1)CC(=O)N2. The minimum Gasteiger partial charge on any atom is -0.325 e. The van der Waals surface area contributed by atoms with Crippen LogP contribution < -0.4 is 5.32 Å². The van der Waals surface area contributed by atoms with Crippen LogP contribution in [0.1, 0.15) is 30.5 Å². The highest BCUT2D eigenvalue weighted by atomic mass is 16.1. The molecule has 0 spiro atoms. The third-order valence-electron chi connectivity index (χ3n) is 2.77. The Morgan fingerprint density at radius 1 is 1.29 bits per heavy atom. The summed E-state index contributed by atoms with van der Waals surface area (Å²) >= 11 is 0. The molecule has 0 unspecified atom stereocenters. The first-order valence-corrected chi connectivity index (χ1v) is 5.19. The molecular formula is C12H15NO. The van der Waals surface area contributed by atoms with Gasteiger partial charge in [0.15, 0.2) is 0 Å². The van der Waals surface area contributed by atoms with Gasteiger partial charge in [-0.05, 0) is 29.5 Å². The van der Waals surface area contributed by atoms with Crippen molar-refractivity contribution in [2.24, 2.45) is 0 Å².